The molecule has 0 aliphatic heterocycles. The smallest absolute Gasteiger partial charge is 0.123 e. The average molecular weight is 256 g/mol. The maximum absolute atomic E-state index is 5.40. The number of ether oxygens (including phenoxy) is 1. The van der Waals surface area contributed by atoms with Crippen molar-refractivity contribution in [2.75, 3.05) is 7.11 Å². The van der Waals surface area contributed by atoms with Gasteiger partial charge < -0.3 is 10.1 Å². The first-order chi connectivity index (χ1) is 9.22. The molecule has 1 N–H and O–H groups in total. The molecule has 0 bridgehead atoms. The second-order valence-electron chi connectivity index (χ2n) is 4.61. The molecule has 0 radical (unpaired) electrons. The van der Waals surface area contributed by atoms with Crippen molar-refractivity contribution in [3.05, 3.63) is 59.9 Å². The van der Waals surface area contributed by atoms with Gasteiger partial charge in [-0.2, -0.15) is 0 Å². The third-order valence-electron chi connectivity index (χ3n) is 3.24. The Labute approximate surface area is 114 Å². The minimum Gasteiger partial charge on any atom is -0.496 e. The Morgan fingerprint density at radius 2 is 1.74 bits per heavy atom. The van der Waals surface area contributed by atoms with Crippen LogP contribution in [0.2, 0.25) is 0 Å². The quantitative estimate of drug-likeness (QED) is 0.889. The molecule has 1 heterocycles. The molecule has 0 fully saturated rings. The lowest BCUT2D eigenvalue weighted by Gasteiger charge is -2.21. The van der Waals surface area contributed by atoms with E-state index in [0.717, 1.165) is 17.0 Å². The Bertz CT molecular complexity index is 513. The summed E-state index contributed by atoms with van der Waals surface area (Å²) in [5.74, 6) is 0.913. The number of pyridine rings is 1. The van der Waals surface area contributed by atoms with Crippen molar-refractivity contribution in [3.63, 3.8) is 0 Å². The number of nitrogens with zero attached hydrogens (tertiary/aromatic N) is 1. The van der Waals surface area contributed by atoms with Gasteiger partial charge in [0.1, 0.15) is 5.75 Å². The van der Waals surface area contributed by atoms with Gasteiger partial charge in [0.05, 0.1) is 12.8 Å². The molecule has 1 unspecified atom stereocenters. The summed E-state index contributed by atoms with van der Waals surface area (Å²) in [5, 5.41) is 3.54. The largest absolute Gasteiger partial charge is 0.496 e. The van der Waals surface area contributed by atoms with E-state index >= 15 is 0 Å². The number of rotatable bonds is 5. The van der Waals surface area contributed by atoms with Crippen LogP contribution in [-0.4, -0.2) is 12.1 Å². The van der Waals surface area contributed by atoms with Crippen molar-refractivity contribution < 1.29 is 4.74 Å². The van der Waals surface area contributed by atoms with Crippen molar-refractivity contribution in [2.24, 2.45) is 0 Å². The Morgan fingerprint density at radius 1 is 1.00 bits per heavy atom. The van der Waals surface area contributed by atoms with Crippen LogP contribution in [0.5, 0.6) is 5.75 Å². The minimum absolute atomic E-state index is 0.195. The van der Waals surface area contributed by atoms with Gasteiger partial charge in [-0.15, -0.1) is 0 Å². The number of hydrogen-bond donors (Lipinski definition) is 1. The summed E-state index contributed by atoms with van der Waals surface area (Å²) in [6, 6.07) is 14.5. The van der Waals surface area contributed by atoms with Gasteiger partial charge in [-0.3, -0.25) is 4.98 Å². The van der Waals surface area contributed by atoms with Crippen LogP contribution in [0, 0.1) is 0 Å². The zero-order valence-corrected chi connectivity index (χ0v) is 11.6. The van der Waals surface area contributed by atoms with Crippen molar-refractivity contribution in [3.8, 4) is 5.75 Å². The van der Waals surface area contributed by atoms with Crippen LogP contribution in [0.3, 0.4) is 0 Å². The van der Waals surface area contributed by atoms with Gasteiger partial charge in [0, 0.05) is 23.8 Å². The van der Waals surface area contributed by atoms with E-state index in [1.807, 2.05) is 42.6 Å². The van der Waals surface area contributed by atoms with Crippen molar-refractivity contribution in [1.82, 2.24) is 10.3 Å². The fourth-order valence-corrected chi connectivity index (χ4v) is 2.21. The van der Waals surface area contributed by atoms with Crippen LogP contribution < -0.4 is 10.1 Å². The highest BCUT2D eigenvalue weighted by molar-refractivity contribution is 5.35. The van der Waals surface area contributed by atoms with Gasteiger partial charge in [-0.25, -0.2) is 0 Å². The van der Waals surface area contributed by atoms with E-state index in [4.69, 9.17) is 4.74 Å². The SMILES string of the molecule is COc1ccccc1[C@@H](C)NC(C)c1ccccn1. The molecule has 2 rings (SSSR count). The van der Waals surface area contributed by atoms with E-state index in [2.05, 4.69) is 30.2 Å². The molecule has 0 aliphatic rings. The molecule has 19 heavy (non-hydrogen) atoms. The molecular formula is C16H20N2O. The zero-order valence-electron chi connectivity index (χ0n) is 11.6. The van der Waals surface area contributed by atoms with Gasteiger partial charge in [-0.1, -0.05) is 24.3 Å². The van der Waals surface area contributed by atoms with Crippen molar-refractivity contribution >= 4 is 0 Å². The third kappa shape index (κ3) is 3.32. The number of benzene rings is 1. The van der Waals surface area contributed by atoms with Crippen LogP contribution in [-0.2, 0) is 0 Å². The Kier molecular flexibility index (Phi) is 4.53. The summed E-state index contributed by atoms with van der Waals surface area (Å²) in [7, 11) is 1.70. The summed E-state index contributed by atoms with van der Waals surface area (Å²) in [4.78, 5) is 4.37. The fourth-order valence-electron chi connectivity index (χ4n) is 2.21. The molecule has 3 heteroatoms. The number of para-hydroxylation sites is 1. The van der Waals surface area contributed by atoms with Crippen LogP contribution >= 0.6 is 0 Å². The fraction of sp³-hybridized carbons (Fsp3) is 0.312. The molecule has 3 nitrogen and oxygen atoms in total. The highest BCUT2D eigenvalue weighted by atomic mass is 16.5. The molecule has 0 saturated carbocycles. The Hall–Kier alpha value is -1.87. The average Bonchev–Trinajstić information content (AvgIpc) is 2.48. The Morgan fingerprint density at radius 3 is 2.42 bits per heavy atom. The Balaban J connectivity index is 2.11. The van der Waals surface area contributed by atoms with E-state index in [1.165, 1.54) is 0 Å². The summed E-state index contributed by atoms with van der Waals surface area (Å²) < 4.78 is 5.40. The molecule has 1 aromatic heterocycles. The predicted molar refractivity (Wildman–Crippen MR) is 77.2 cm³/mol. The van der Waals surface area contributed by atoms with Crippen molar-refractivity contribution in [2.45, 2.75) is 25.9 Å². The van der Waals surface area contributed by atoms with Gasteiger partial charge in [0.25, 0.3) is 0 Å². The summed E-state index contributed by atoms with van der Waals surface area (Å²) in [5.41, 5.74) is 2.21. The van der Waals surface area contributed by atoms with Gasteiger partial charge in [0.15, 0.2) is 0 Å². The topological polar surface area (TPSA) is 34.1 Å². The molecule has 0 aliphatic carbocycles. The summed E-state index contributed by atoms with van der Waals surface area (Å²) in [6.07, 6.45) is 1.82. The van der Waals surface area contributed by atoms with Gasteiger partial charge >= 0.3 is 0 Å². The number of methoxy groups -OCH3 is 1. The maximum atomic E-state index is 5.40. The lowest BCUT2D eigenvalue weighted by Crippen LogP contribution is -2.23. The molecule has 100 valence electrons. The number of nitrogens with one attached hydrogen (secondary N) is 1. The van der Waals surface area contributed by atoms with E-state index < -0.39 is 0 Å². The molecule has 0 spiro atoms. The molecule has 2 aromatic rings. The lowest BCUT2D eigenvalue weighted by atomic mass is 10.1. The normalized spacial score (nSPS) is 13.8. The summed E-state index contributed by atoms with van der Waals surface area (Å²) >= 11 is 0. The zero-order chi connectivity index (χ0) is 13.7. The molecular weight excluding hydrogens is 236 g/mol. The third-order valence-corrected chi connectivity index (χ3v) is 3.24. The summed E-state index contributed by atoms with van der Waals surface area (Å²) in [6.45, 7) is 4.26. The molecule has 1 aromatic carbocycles. The predicted octanol–water partition coefficient (Wildman–Crippen LogP) is 3.50. The van der Waals surface area contributed by atoms with Crippen LogP contribution in [0.1, 0.15) is 37.2 Å². The second-order valence-corrected chi connectivity index (χ2v) is 4.61. The number of hydrogen-bond acceptors (Lipinski definition) is 3. The van der Waals surface area contributed by atoms with Crippen LogP contribution in [0.4, 0.5) is 0 Å². The monoisotopic (exact) mass is 256 g/mol. The van der Waals surface area contributed by atoms with E-state index in [1.54, 1.807) is 7.11 Å². The van der Waals surface area contributed by atoms with E-state index in [0.29, 0.717) is 0 Å². The van der Waals surface area contributed by atoms with Gasteiger partial charge in [-0.05, 0) is 32.0 Å². The highest BCUT2D eigenvalue weighted by Gasteiger charge is 2.14. The first-order valence-electron chi connectivity index (χ1n) is 6.52. The highest BCUT2D eigenvalue weighted by Crippen LogP contribution is 2.26. The molecule has 2 atom stereocenters. The van der Waals surface area contributed by atoms with Crippen molar-refractivity contribution in [1.29, 1.82) is 0 Å². The maximum Gasteiger partial charge on any atom is 0.123 e. The standard InChI is InChI=1S/C16H20N2O/c1-12(14-8-4-5-10-16(14)19-3)18-13(2)15-9-6-7-11-17-15/h4-13,18H,1-3H3/t12-,13?/m1/s1. The molecule has 0 saturated heterocycles. The van der Waals surface area contributed by atoms with Crippen LogP contribution in [0.15, 0.2) is 48.7 Å². The first kappa shape index (κ1) is 13.6. The van der Waals surface area contributed by atoms with E-state index in [9.17, 15) is 0 Å². The van der Waals surface area contributed by atoms with Crippen LogP contribution in [0.25, 0.3) is 0 Å². The lowest BCUT2D eigenvalue weighted by molar-refractivity contribution is 0.396. The number of aromatic nitrogens is 1. The minimum atomic E-state index is 0.195. The molecule has 0 amide bonds. The van der Waals surface area contributed by atoms with Gasteiger partial charge in [0.2, 0.25) is 0 Å². The second kappa shape index (κ2) is 6.34. The first-order valence-corrected chi connectivity index (χ1v) is 6.52. The van der Waals surface area contributed by atoms with E-state index in [-0.39, 0.29) is 12.1 Å².